The summed E-state index contributed by atoms with van der Waals surface area (Å²) in [5.41, 5.74) is 2.20. The minimum absolute atomic E-state index is 0.0134. The first-order chi connectivity index (χ1) is 13.6. The fraction of sp³-hybridized carbons (Fsp3) is 0.417. The third-order valence-electron chi connectivity index (χ3n) is 5.23. The molecule has 3 rings (SSSR count). The number of carbonyl (C=O) groups excluding carboxylic acids is 2. The molecule has 1 aliphatic heterocycles. The second-order valence-corrected chi connectivity index (χ2v) is 9.22. The van der Waals surface area contributed by atoms with E-state index >= 15 is 0 Å². The predicted molar refractivity (Wildman–Crippen MR) is 116 cm³/mol. The van der Waals surface area contributed by atoms with Crippen molar-refractivity contribution in [2.24, 2.45) is 0 Å². The molecule has 1 heterocycles. The van der Waals surface area contributed by atoms with Gasteiger partial charge in [-0.05, 0) is 70.4 Å². The van der Waals surface area contributed by atoms with Gasteiger partial charge in [-0.2, -0.15) is 0 Å². The Labute approximate surface area is 173 Å². The second-order valence-electron chi connectivity index (χ2n) is 9.22. The first-order valence-electron chi connectivity index (χ1n) is 10.2. The van der Waals surface area contributed by atoms with Crippen molar-refractivity contribution in [3.8, 4) is 0 Å². The summed E-state index contributed by atoms with van der Waals surface area (Å²) >= 11 is 0. The largest absolute Gasteiger partial charge is 0.349 e. The summed E-state index contributed by atoms with van der Waals surface area (Å²) in [5.74, 6) is -0.160. The van der Waals surface area contributed by atoms with Crippen molar-refractivity contribution in [3.63, 3.8) is 0 Å². The monoisotopic (exact) mass is 393 g/mol. The molecule has 0 unspecified atom stereocenters. The molecule has 2 aromatic carbocycles. The van der Waals surface area contributed by atoms with E-state index in [0.717, 1.165) is 18.4 Å². The van der Waals surface area contributed by atoms with Crippen LogP contribution in [-0.4, -0.2) is 28.9 Å². The molecular formula is C24H31N3O2. The normalized spacial score (nSPS) is 18.1. The van der Waals surface area contributed by atoms with Gasteiger partial charge in [-0.3, -0.25) is 9.59 Å². The fourth-order valence-electron chi connectivity index (χ4n) is 4.34. The van der Waals surface area contributed by atoms with Gasteiger partial charge in [0.2, 0.25) is 0 Å². The van der Waals surface area contributed by atoms with Crippen molar-refractivity contribution in [1.29, 1.82) is 0 Å². The van der Waals surface area contributed by atoms with Crippen molar-refractivity contribution in [3.05, 3.63) is 71.3 Å². The van der Waals surface area contributed by atoms with Crippen LogP contribution in [0.25, 0.3) is 0 Å². The molecule has 3 N–H and O–H groups in total. The first kappa shape index (κ1) is 21.1. The average Bonchev–Trinajstić information content (AvgIpc) is 2.64. The summed E-state index contributed by atoms with van der Waals surface area (Å²) in [6, 6.07) is 16.7. The van der Waals surface area contributed by atoms with Gasteiger partial charge in [0, 0.05) is 34.8 Å². The van der Waals surface area contributed by atoms with Gasteiger partial charge in [-0.1, -0.05) is 30.3 Å². The zero-order chi connectivity index (χ0) is 21.1. The highest BCUT2D eigenvalue weighted by atomic mass is 16.2. The summed E-state index contributed by atoms with van der Waals surface area (Å²) in [6.07, 6.45) is 1.79. The topological polar surface area (TPSA) is 70.2 Å². The third-order valence-corrected chi connectivity index (χ3v) is 5.23. The maximum absolute atomic E-state index is 12.7. The molecule has 1 aliphatic rings. The Morgan fingerprint density at radius 1 is 0.862 bits per heavy atom. The molecule has 0 spiro atoms. The van der Waals surface area contributed by atoms with Crippen LogP contribution in [0.1, 0.15) is 66.8 Å². The molecule has 0 atom stereocenters. The van der Waals surface area contributed by atoms with Gasteiger partial charge in [0.1, 0.15) is 0 Å². The third kappa shape index (κ3) is 5.91. The number of benzene rings is 2. The molecule has 2 amide bonds. The van der Waals surface area contributed by atoms with E-state index in [1.807, 2.05) is 42.5 Å². The second kappa shape index (κ2) is 8.37. The molecular weight excluding hydrogens is 362 g/mol. The van der Waals surface area contributed by atoms with Crippen molar-refractivity contribution >= 4 is 11.8 Å². The van der Waals surface area contributed by atoms with Crippen LogP contribution in [0, 0.1) is 0 Å². The SMILES string of the molecule is CC1(C)CC(NC(=O)c2ccc(CNC(=O)c3ccccc3)cc2)CC(C)(C)N1. The Kier molecular flexibility index (Phi) is 6.08. The number of hydrogen-bond acceptors (Lipinski definition) is 3. The predicted octanol–water partition coefficient (Wildman–Crippen LogP) is 3.66. The molecule has 0 aliphatic carbocycles. The standard InChI is InChI=1S/C24H31N3O2/c1-23(2)14-20(15-24(3,4)27-23)26-22(29)19-12-10-17(11-13-19)16-25-21(28)18-8-6-5-7-9-18/h5-13,20,27H,14-16H2,1-4H3,(H,25,28)(H,26,29). The number of amides is 2. The van der Waals surface area contributed by atoms with Gasteiger partial charge in [0.25, 0.3) is 11.8 Å². The minimum Gasteiger partial charge on any atom is -0.349 e. The molecule has 0 radical (unpaired) electrons. The Bertz CT molecular complexity index is 841. The molecule has 1 fully saturated rings. The molecule has 0 saturated carbocycles. The highest BCUT2D eigenvalue weighted by Crippen LogP contribution is 2.28. The Morgan fingerprint density at radius 2 is 1.41 bits per heavy atom. The molecule has 5 nitrogen and oxygen atoms in total. The number of rotatable bonds is 5. The van der Waals surface area contributed by atoms with Crippen molar-refractivity contribution < 1.29 is 9.59 Å². The number of carbonyl (C=O) groups is 2. The Morgan fingerprint density at radius 3 is 2.00 bits per heavy atom. The average molecular weight is 394 g/mol. The molecule has 5 heteroatoms. The van der Waals surface area contributed by atoms with Crippen LogP contribution < -0.4 is 16.0 Å². The van der Waals surface area contributed by atoms with Crippen molar-refractivity contribution in [2.45, 2.75) is 64.2 Å². The van der Waals surface area contributed by atoms with E-state index in [9.17, 15) is 9.59 Å². The van der Waals surface area contributed by atoms with Gasteiger partial charge >= 0.3 is 0 Å². The van der Waals surface area contributed by atoms with Crippen LogP contribution >= 0.6 is 0 Å². The van der Waals surface area contributed by atoms with E-state index in [1.54, 1.807) is 12.1 Å². The zero-order valence-corrected chi connectivity index (χ0v) is 17.7. The number of hydrogen-bond donors (Lipinski definition) is 3. The van der Waals surface area contributed by atoms with Crippen molar-refractivity contribution in [1.82, 2.24) is 16.0 Å². The summed E-state index contributed by atoms with van der Waals surface area (Å²) in [5, 5.41) is 9.72. The maximum Gasteiger partial charge on any atom is 0.251 e. The lowest BCUT2D eigenvalue weighted by molar-refractivity contribution is 0.0871. The van der Waals surface area contributed by atoms with Gasteiger partial charge in [0.15, 0.2) is 0 Å². The van der Waals surface area contributed by atoms with E-state index in [0.29, 0.717) is 17.7 Å². The van der Waals surface area contributed by atoms with E-state index in [-0.39, 0.29) is 28.9 Å². The zero-order valence-electron chi connectivity index (χ0n) is 17.7. The fourth-order valence-corrected chi connectivity index (χ4v) is 4.34. The molecule has 0 aromatic heterocycles. The van der Waals surface area contributed by atoms with Crippen LogP contribution in [0.15, 0.2) is 54.6 Å². The van der Waals surface area contributed by atoms with E-state index in [2.05, 4.69) is 43.6 Å². The summed E-state index contributed by atoms with van der Waals surface area (Å²) in [4.78, 5) is 24.8. The van der Waals surface area contributed by atoms with Crippen LogP contribution in [0.4, 0.5) is 0 Å². The van der Waals surface area contributed by atoms with E-state index in [4.69, 9.17) is 0 Å². The van der Waals surface area contributed by atoms with Crippen molar-refractivity contribution in [2.75, 3.05) is 0 Å². The lowest BCUT2D eigenvalue weighted by atomic mass is 9.79. The highest BCUT2D eigenvalue weighted by Gasteiger charge is 2.38. The van der Waals surface area contributed by atoms with Gasteiger partial charge in [0.05, 0.1) is 0 Å². The number of nitrogens with one attached hydrogen (secondary N) is 3. The van der Waals surface area contributed by atoms with E-state index < -0.39 is 0 Å². The molecule has 2 aromatic rings. The maximum atomic E-state index is 12.7. The lowest BCUT2D eigenvalue weighted by Gasteiger charge is -2.46. The van der Waals surface area contributed by atoms with Crippen LogP contribution in [0.5, 0.6) is 0 Å². The van der Waals surface area contributed by atoms with Gasteiger partial charge in [-0.25, -0.2) is 0 Å². The first-order valence-corrected chi connectivity index (χ1v) is 10.2. The smallest absolute Gasteiger partial charge is 0.251 e. The summed E-state index contributed by atoms with van der Waals surface area (Å²) < 4.78 is 0. The van der Waals surface area contributed by atoms with Crippen LogP contribution in [0.2, 0.25) is 0 Å². The van der Waals surface area contributed by atoms with Gasteiger partial charge < -0.3 is 16.0 Å². The Balaban J connectivity index is 1.55. The highest BCUT2D eigenvalue weighted by molar-refractivity contribution is 5.95. The molecule has 154 valence electrons. The summed E-state index contributed by atoms with van der Waals surface area (Å²) in [7, 11) is 0. The molecule has 29 heavy (non-hydrogen) atoms. The number of piperidine rings is 1. The van der Waals surface area contributed by atoms with Crippen LogP contribution in [-0.2, 0) is 6.54 Å². The van der Waals surface area contributed by atoms with Crippen LogP contribution in [0.3, 0.4) is 0 Å². The minimum atomic E-state index is -0.108. The van der Waals surface area contributed by atoms with Gasteiger partial charge in [-0.15, -0.1) is 0 Å². The molecule has 1 saturated heterocycles. The molecule has 0 bridgehead atoms. The quantitative estimate of drug-likeness (QED) is 0.726. The summed E-state index contributed by atoms with van der Waals surface area (Å²) in [6.45, 7) is 9.11. The lowest BCUT2D eigenvalue weighted by Crippen LogP contribution is -2.62. The Hall–Kier alpha value is -2.66. The van der Waals surface area contributed by atoms with E-state index in [1.165, 1.54) is 0 Å².